The second-order valence-corrected chi connectivity index (χ2v) is 4.25. The molecule has 0 radical (unpaired) electrons. The van der Waals surface area contributed by atoms with Crippen LogP contribution in [-0.2, 0) is 17.6 Å². The Bertz CT molecular complexity index is 398. The van der Waals surface area contributed by atoms with Gasteiger partial charge in [0, 0.05) is 17.8 Å². The van der Waals surface area contributed by atoms with Crippen LogP contribution in [0.5, 0.6) is 0 Å². The van der Waals surface area contributed by atoms with Crippen molar-refractivity contribution in [1.82, 2.24) is 9.97 Å². The SMILES string of the molecule is Cc1nc(CCOCC(F)(F)F)nc(C)c1CCN. The summed E-state index contributed by atoms with van der Waals surface area (Å²) in [5.41, 5.74) is 8.14. The van der Waals surface area contributed by atoms with E-state index in [4.69, 9.17) is 5.73 Å². The number of ether oxygens (including phenoxy) is 1. The first-order chi connectivity index (χ1) is 8.83. The van der Waals surface area contributed by atoms with E-state index in [-0.39, 0.29) is 13.0 Å². The second kappa shape index (κ2) is 6.81. The third-order valence-corrected chi connectivity index (χ3v) is 2.60. The third-order valence-electron chi connectivity index (χ3n) is 2.60. The van der Waals surface area contributed by atoms with Crippen molar-refractivity contribution < 1.29 is 17.9 Å². The summed E-state index contributed by atoms with van der Waals surface area (Å²) < 4.78 is 40.2. The van der Waals surface area contributed by atoms with Gasteiger partial charge in [0.25, 0.3) is 0 Å². The Morgan fingerprint density at radius 3 is 2.16 bits per heavy atom. The zero-order valence-electron chi connectivity index (χ0n) is 11.0. The number of rotatable bonds is 6. The summed E-state index contributed by atoms with van der Waals surface area (Å²) >= 11 is 0. The number of aromatic nitrogens is 2. The molecule has 0 aliphatic rings. The summed E-state index contributed by atoms with van der Waals surface area (Å²) in [4.78, 5) is 8.52. The molecule has 1 heterocycles. The third kappa shape index (κ3) is 5.52. The van der Waals surface area contributed by atoms with Crippen LogP contribution in [0.2, 0.25) is 0 Å². The average molecular weight is 277 g/mol. The number of alkyl halides is 3. The van der Waals surface area contributed by atoms with Crippen LogP contribution in [0.4, 0.5) is 13.2 Å². The van der Waals surface area contributed by atoms with E-state index in [1.165, 1.54) is 0 Å². The van der Waals surface area contributed by atoms with Crippen molar-refractivity contribution in [3.8, 4) is 0 Å². The normalized spacial score (nSPS) is 11.9. The summed E-state index contributed by atoms with van der Waals surface area (Å²) in [6.07, 6.45) is -3.33. The minimum atomic E-state index is -4.29. The van der Waals surface area contributed by atoms with Gasteiger partial charge in [0.15, 0.2) is 0 Å². The summed E-state index contributed by atoms with van der Waals surface area (Å²) in [7, 11) is 0. The first kappa shape index (κ1) is 15.8. The zero-order chi connectivity index (χ0) is 14.5. The quantitative estimate of drug-likeness (QED) is 0.804. The molecule has 0 atom stereocenters. The number of aryl methyl sites for hydroxylation is 2. The lowest BCUT2D eigenvalue weighted by molar-refractivity contribution is -0.173. The van der Waals surface area contributed by atoms with Crippen molar-refractivity contribution in [1.29, 1.82) is 0 Å². The Morgan fingerprint density at radius 2 is 1.68 bits per heavy atom. The summed E-state index contributed by atoms with van der Waals surface area (Å²) in [6, 6.07) is 0. The molecule has 0 aliphatic heterocycles. The van der Waals surface area contributed by atoms with Gasteiger partial charge >= 0.3 is 6.18 Å². The van der Waals surface area contributed by atoms with Crippen LogP contribution in [0.25, 0.3) is 0 Å². The molecule has 2 N–H and O–H groups in total. The predicted molar refractivity (Wildman–Crippen MR) is 64.8 cm³/mol. The highest BCUT2D eigenvalue weighted by Gasteiger charge is 2.27. The molecule has 0 fully saturated rings. The Balaban J connectivity index is 2.56. The lowest BCUT2D eigenvalue weighted by Crippen LogP contribution is -2.18. The molecule has 0 aliphatic carbocycles. The van der Waals surface area contributed by atoms with E-state index < -0.39 is 12.8 Å². The van der Waals surface area contributed by atoms with E-state index in [0.29, 0.717) is 18.8 Å². The Hall–Kier alpha value is -1.21. The molecule has 0 aromatic carbocycles. The smallest absolute Gasteiger partial charge is 0.372 e. The highest BCUT2D eigenvalue weighted by atomic mass is 19.4. The molecular weight excluding hydrogens is 259 g/mol. The van der Waals surface area contributed by atoms with Crippen LogP contribution in [-0.4, -0.2) is 35.9 Å². The molecule has 1 aromatic rings. The highest BCUT2D eigenvalue weighted by molar-refractivity contribution is 5.24. The zero-order valence-corrected chi connectivity index (χ0v) is 11.0. The van der Waals surface area contributed by atoms with E-state index in [0.717, 1.165) is 17.0 Å². The molecule has 7 heteroatoms. The fourth-order valence-corrected chi connectivity index (χ4v) is 1.78. The van der Waals surface area contributed by atoms with Crippen LogP contribution < -0.4 is 5.73 Å². The maximum atomic E-state index is 11.9. The van der Waals surface area contributed by atoms with E-state index in [1.807, 2.05) is 13.8 Å². The lowest BCUT2D eigenvalue weighted by Gasteiger charge is -2.11. The van der Waals surface area contributed by atoms with E-state index in [1.54, 1.807) is 0 Å². The first-order valence-electron chi connectivity index (χ1n) is 6.01. The lowest BCUT2D eigenvalue weighted by atomic mass is 10.1. The maximum absolute atomic E-state index is 11.9. The Labute approximate surface area is 110 Å². The van der Waals surface area contributed by atoms with Crippen LogP contribution >= 0.6 is 0 Å². The van der Waals surface area contributed by atoms with E-state index in [2.05, 4.69) is 14.7 Å². The molecular formula is C12H18F3N3O. The number of nitrogens with zero attached hydrogens (tertiary/aromatic N) is 2. The Morgan fingerprint density at radius 1 is 1.11 bits per heavy atom. The predicted octanol–water partition coefficient (Wildman–Crippen LogP) is 1.72. The van der Waals surface area contributed by atoms with Gasteiger partial charge in [-0.1, -0.05) is 0 Å². The maximum Gasteiger partial charge on any atom is 0.411 e. The molecule has 1 rings (SSSR count). The van der Waals surface area contributed by atoms with Crippen molar-refractivity contribution in [2.75, 3.05) is 19.8 Å². The number of hydrogen-bond acceptors (Lipinski definition) is 4. The second-order valence-electron chi connectivity index (χ2n) is 4.25. The van der Waals surface area contributed by atoms with Gasteiger partial charge < -0.3 is 10.5 Å². The molecule has 0 amide bonds. The minimum absolute atomic E-state index is 0.0470. The van der Waals surface area contributed by atoms with Crippen molar-refractivity contribution in [3.05, 3.63) is 22.8 Å². The summed E-state index contributed by atoms with van der Waals surface area (Å²) in [6.45, 7) is 2.92. The van der Waals surface area contributed by atoms with Gasteiger partial charge in [-0.15, -0.1) is 0 Å². The average Bonchev–Trinajstić information content (AvgIpc) is 2.28. The molecule has 0 spiro atoms. The number of hydrogen-bond donors (Lipinski definition) is 1. The fraction of sp³-hybridized carbons (Fsp3) is 0.667. The van der Waals surface area contributed by atoms with Crippen molar-refractivity contribution >= 4 is 0 Å². The van der Waals surface area contributed by atoms with Gasteiger partial charge in [-0.05, 0) is 32.4 Å². The summed E-state index contributed by atoms with van der Waals surface area (Å²) in [5.74, 6) is 0.498. The van der Waals surface area contributed by atoms with Crippen molar-refractivity contribution in [2.24, 2.45) is 5.73 Å². The van der Waals surface area contributed by atoms with Gasteiger partial charge in [-0.3, -0.25) is 0 Å². The molecule has 1 aromatic heterocycles. The van der Waals surface area contributed by atoms with Gasteiger partial charge in [0.05, 0.1) is 6.61 Å². The van der Waals surface area contributed by atoms with Gasteiger partial charge in [-0.2, -0.15) is 13.2 Å². The standard InChI is InChI=1S/C12H18F3N3O/c1-8-10(3-5-16)9(2)18-11(17-8)4-6-19-7-12(13,14)15/h3-7,16H2,1-2H3. The van der Waals surface area contributed by atoms with Crippen LogP contribution in [0.15, 0.2) is 0 Å². The van der Waals surface area contributed by atoms with Gasteiger partial charge in [-0.25, -0.2) is 9.97 Å². The molecule has 19 heavy (non-hydrogen) atoms. The Kier molecular flexibility index (Phi) is 5.68. The van der Waals surface area contributed by atoms with E-state index >= 15 is 0 Å². The highest BCUT2D eigenvalue weighted by Crippen LogP contribution is 2.15. The monoisotopic (exact) mass is 277 g/mol. The molecule has 0 bridgehead atoms. The van der Waals surface area contributed by atoms with Crippen LogP contribution in [0.3, 0.4) is 0 Å². The first-order valence-corrected chi connectivity index (χ1v) is 6.01. The number of nitrogens with two attached hydrogens (primary N) is 1. The van der Waals surface area contributed by atoms with Crippen LogP contribution in [0, 0.1) is 13.8 Å². The van der Waals surface area contributed by atoms with Crippen LogP contribution in [0.1, 0.15) is 22.8 Å². The van der Waals surface area contributed by atoms with Crippen molar-refractivity contribution in [2.45, 2.75) is 32.9 Å². The minimum Gasteiger partial charge on any atom is -0.372 e. The van der Waals surface area contributed by atoms with Gasteiger partial charge in [0.2, 0.25) is 0 Å². The molecule has 4 nitrogen and oxygen atoms in total. The topological polar surface area (TPSA) is 61.0 Å². The fourth-order valence-electron chi connectivity index (χ4n) is 1.78. The summed E-state index contributed by atoms with van der Waals surface area (Å²) in [5, 5.41) is 0. The number of halogens is 3. The molecule has 0 saturated heterocycles. The molecule has 0 unspecified atom stereocenters. The molecule has 108 valence electrons. The van der Waals surface area contributed by atoms with Crippen molar-refractivity contribution in [3.63, 3.8) is 0 Å². The molecule has 0 saturated carbocycles. The largest absolute Gasteiger partial charge is 0.411 e. The van der Waals surface area contributed by atoms with E-state index in [9.17, 15) is 13.2 Å². The van der Waals surface area contributed by atoms with Gasteiger partial charge in [0.1, 0.15) is 12.4 Å².